The lowest BCUT2D eigenvalue weighted by Gasteiger charge is -2.11. The Morgan fingerprint density at radius 1 is 1.14 bits per heavy atom. The van der Waals surface area contributed by atoms with Crippen molar-refractivity contribution in [3.8, 4) is 11.4 Å². The minimum Gasteiger partial charge on any atom is -0.491 e. The molecule has 0 atom stereocenters. The van der Waals surface area contributed by atoms with Gasteiger partial charge in [-0.05, 0) is 30.7 Å². The number of anilines is 1. The topological polar surface area (TPSA) is 69.0 Å². The Kier molecular flexibility index (Phi) is 5.62. The van der Waals surface area contributed by atoms with Gasteiger partial charge in [0, 0.05) is 0 Å². The number of alkyl halides is 3. The van der Waals surface area contributed by atoms with E-state index in [4.69, 9.17) is 4.74 Å². The highest BCUT2D eigenvalue weighted by molar-refractivity contribution is 6.03. The number of benzene rings is 2. The third kappa shape index (κ3) is 4.30. The van der Waals surface area contributed by atoms with Crippen LogP contribution in [0.4, 0.5) is 18.9 Å². The Bertz CT molecular complexity index is 970. The molecule has 0 saturated carbocycles. The first-order valence-corrected chi connectivity index (χ1v) is 8.52. The number of nitrogens with one attached hydrogen (secondary N) is 1. The smallest absolute Gasteiger partial charge is 0.418 e. The minimum atomic E-state index is -4.56. The Labute approximate surface area is 158 Å². The molecular weight excluding hydrogens is 373 g/mol. The fourth-order valence-corrected chi connectivity index (χ4v) is 2.49. The molecule has 1 N–H and O–H groups in total. The lowest BCUT2D eigenvalue weighted by Crippen LogP contribution is -2.13. The lowest BCUT2D eigenvalue weighted by atomic mass is 10.1. The summed E-state index contributed by atoms with van der Waals surface area (Å²) in [6.07, 6.45) is -2.61. The van der Waals surface area contributed by atoms with Gasteiger partial charge in [-0.3, -0.25) is 4.79 Å². The number of ether oxygens (including phenoxy) is 1. The second kappa shape index (κ2) is 8.12. The molecule has 146 valence electrons. The van der Waals surface area contributed by atoms with Crippen LogP contribution in [-0.2, 0) is 6.18 Å². The summed E-state index contributed by atoms with van der Waals surface area (Å²) in [7, 11) is 0. The standard InChI is InChI=1S/C19H17F3N4O2/c1-2-11-28-17-10-6-4-8-14(17)23-18(27)15-12-26(25-24-15)16-9-5-3-7-13(16)19(20,21)22/h3-10,12H,2,11H2,1H3,(H,23,27). The fourth-order valence-electron chi connectivity index (χ4n) is 2.49. The highest BCUT2D eigenvalue weighted by Crippen LogP contribution is 2.33. The molecule has 0 fully saturated rings. The molecule has 0 radical (unpaired) electrons. The van der Waals surface area contributed by atoms with Gasteiger partial charge in [0.2, 0.25) is 0 Å². The first-order chi connectivity index (χ1) is 13.4. The van der Waals surface area contributed by atoms with Crippen molar-refractivity contribution >= 4 is 11.6 Å². The van der Waals surface area contributed by atoms with Crippen molar-refractivity contribution in [1.29, 1.82) is 0 Å². The number of carbonyl (C=O) groups excluding carboxylic acids is 1. The molecule has 0 bridgehead atoms. The molecule has 2 aromatic carbocycles. The second-order valence-corrected chi connectivity index (χ2v) is 5.86. The van der Waals surface area contributed by atoms with E-state index in [1.807, 2.05) is 6.92 Å². The van der Waals surface area contributed by atoms with E-state index in [1.165, 1.54) is 18.2 Å². The van der Waals surface area contributed by atoms with Gasteiger partial charge in [0.15, 0.2) is 5.69 Å². The molecule has 9 heteroatoms. The zero-order valence-electron chi connectivity index (χ0n) is 14.9. The molecule has 1 heterocycles. The summed E-state index contributed by atoms with van der Waals surface area (Å²) in [6.45, 7) is 2.44. The molecular formula is C19H17F3N4O2. The van der Waals surface area contributed by atoms with Crippen LogP contribution in [0, 0.1) is 0 Å². The van der Waals surface area contributed by atoms with Crippen LogP contribution in [0.5, 0.6) is 5.75 Å². The Morgan fingerprint density at radius 2 is 1.86 bits per heavy atom. The van der Waals surface area contributed by atoms with Crippen molar-refractivity contribution in [3.05, 3.63) is 66.0 Å². The van der Waals surface area contributed by atoms with Gasteiger partial charge in [-0.2, -0.15) is 13.2 Å². The first-order valence-electron chi connectivity index (χ1n) is 8.52. The van der Waals surface area contributed by atoms with E-state index in [-0.39, 0.29) is 11.4 Å². The van der Waals surface area contributed by atoms with Crippen molar-refractivity contribution in [2.75, 3.05) is 11.9 Å². The van der Waals surface area contributed by atoms with Crippen LogP contribution in [0.3, 0.4) is 0 Å². The molecule has 3 rings (SSSR count). The van der Waals surface area contributed by atoms with Crippen molar-refractivity contribution in [1.82, 2.24) is 15.0 Å². The summed E-state index contributed by atoms with van der Waals surface area (Å²) in [6, 6.07) is 11.8. The average Bonchev–Trinajstić information content (AvgIpc) is 3.17. The van der Waals surface area contributed by atoms with Gasteiger partial charge in [-0.1, -0.05) is 36.4 Å². The number of amides is 1. The summed E-state index contributed by atoms with van der Waals surface area (Å²) in [5.41, 5.74) is -0.771. The normalized spacial score (nSPS) is 11.3. The minimum absolute atomic E-state index is 0.123. The number of aromatic nitrogens is 3. The number of hydrogen-bond acceptors (Lipinski definition) is 4. The van der Waals surface area contributed by atoms with E-state index < -0.39 is 17.6 Å². The van der Waals surface area contributed by atoms with Gasteiger partial charge in [-0.25, -0.2) is 4.68 Å². The predicted molar refractivity (Wildman–Crippen MR) is 96.5 cm³/mol. The van der Waals surface area contributed by atoms with Gasteiger partial charge >= 0.3 is 6.18 Å². The van der Waals surface area contributed by atoms with E-state index in [1.54, 1.807) is 24.3 Å². The average molecular weight is 390 g/mol. The second-order valence-electron chi connectivity index (χ2n) is 5.86. The molecule has 28 heavy (non-hydrogen) atoms. The number of para-hydroxylation sites is 3. The van der Waals surface area contributed by atoms with Crippen LogP contribution < -0.4 is 10.1 Å². The molecule has 6 nitrogen and oxygen atoms in total. The van der Waals surface area contributed by atoms with Gasteiger partial charge in [0.25, 0.3) is 5.91 Å². The molecule has 3 aromatic rings. The van der Waals surface area contributed by atoms with E-state index >= 15 is 0 Å². The zero-order chi connectivity index (χ0) is 20.1. The van der Waals surface area contributed by atoms with E-state index in [9.17, 15) is 18.0 Å². The molecule has 0 aliphatic rings. The number of nitrogens with zero attached hydrogens (tertiary/aromatic N) is 3. The predicted octanol–water partition coefficient (Wildman–Crippen LogP) is 4.33. The van der Waals surface area contributed by atoms with Crippen molar-refractivity contribution in [2.45, 2.75) is 19.5 Å². The van der Waals surface area contributed by atoms with Crippen LogP contribution in [0.15, 0.2) is 54.7 Å². The quantitative estimate of drug-likeness (QED) is 0.680. The molecule has 0 saturated heterocycles. The molecule has 0 aliphatic heterocycles. The first kappa shape index (κ1) is 19.4. The van der Waals surface area contributed by atoms with Gasteiger partial charge in [0.05, 0.1) is 29.7 Å². The highest BCUT2D eigenvalue weighted by atomic mass is 19.4. The third-order valence-corrected chi connectivity index (χ3v) is 3.78. The van der Waals surface area contributed by atoms with E-state index in [0.29, 0.717) is 18.0 Å². The largest absolute Gasteiger partial charge is 0.491 e. The van der Waals surface area contributed by atoms with Crippen LogP contribution in [0.25, 0.3) is 5.69 Å². The van der Waals surface area contributed by atoms with Gasteiger partial charge < -0.3 is 10.1 Å². The third-order valence-electron chi connectivity index (χ3n) is 3.78. The summed E-state index contributed by atoms with van der Waals surface area (Å²) >= 11 is 0. The number of carbonyl (C=O) groups is 1. The Hall–Kier alpha value is -3.36. The molecule has 0 spiro atoms. The summed E-state index contributed by atoms with van der Waals surface area (Å²) < 4.78 is 46.0. The van der Waals surface area contributed by atoms with Gasteiger partial charge in [0.1, 0.15) is 5.75 Å². The van der Waals surface area contributed by atoms with Crippen LogP contribution in [0.2, 0.25) is 0 Å². The van der Waals surface area contributed by atoms with Crippen LogP contribution in [-0.4, -0.2) is 27.5 Å². The highest BCUT2D eigenvalue weighted by Gasteiger charge is 2.34. The van der Waals surface area contributed by atoms with Crippen molar-refractivity contribution in [3.63, 3.8) is 0 Å². The van der Waals surface area contributed by atoms with Crippen molar-refractivity contribution in [2.24, 2.45) is 0 Å². The summed E-state index contributed by atoms with van der Waals surface area (Å²) in [4.78, 5) is 12.5. The Balaban J connectivity index is 1.83. The van der Waals surface area contributed by atoms with Gasteiger partial charge in [-0.15, -0.1) is 5.10 Å². The monoisotopic (exact) mass is 390 g/mol. The van der Waals surface area contributed by atoms with E-state index in [2.05, 4.69) is 15.6 Å². The molecule has 1 amide bonds. The Morgan fingerprint density at radius 3 is 2.61 bits per heavy atom. The summed E-state index contributed by atoms with van der Waals surface area (Å²) in [5, 5.41) is 10.0. The fraction of sp³-hybridized carbons (Fsp3) is 0.211. The van der Waals surface area contributed by atoms with Crippen LogP contribution in [0.1, 0.15) is 29.4 Å². The maximum absolute atomic E-state index is 13.2. The molecule has 0 unspecified atom stereocenters. The number of rotatable bonds is 6. The maximum atomic E-state index is 13.2. The SMILES string of the molecule is CCCOc1ccccc1NC(=O)c1cn(-c2ccccc2C(F)(F)F)nn1. The number of hydrogen-bond donors (Lipinski definition) is 1. The zero-order valence-corrected chi connectivity index (χ0v) is 14.9. The number of halogens is 3. The summed E-state index contributed by atoms with van der Waals surface area (Å²) in [5.74, 6) is -0.115. The van der Waals surface area contributed by atoms with Crippen molar-refractivity contribution < 1.29 is 22.7 Å². The lowest BCUT2D eigenvalue weighted by molar-refractivity contribution is -0.137. The molecule has 1 aromatic heterocycles. The maximum Gasteiger partial charge on any atom is 0.418 e. The van der Waals surface area contributed by atoms with Crippen LogP contribution >= 0.6 is 0 Å². The molecule has 0 aliphatic carbocycles. The van der Waals surface area contributed by atoms with E-state index in [0.717, 1.165) is 23.4 Å².